The first-order valence-corrected chi connectivity index (χ1v) is 12.7. The van der Waals surface area contributed by atoms with Crippen LogP contribution in [0.2, 0.25) is 0 Å². The average Bonchev–Trinajstić information content (AvgIpc) is 3.53. The van der Waals surface area contributed by atoms with E-state index in [0.29, 0.717) is 12.3 Å². The van der Waals surface area contributed by atoms with Crippen LogP contribution >= 0.6 is 0 Å². The number of nitrogens with one attached hydrogen (secondary N) is 3. The summed E-state index contributed by atoms with van der Waals surface area (Å²) in [6, 6.07) is -4.93. The van der Waals surface area contributed by atoms with E-state index < -0.39 is 84.6 Å². The summed E-state index contributed by atoms with van der Waals surface area (Å²) in [6.45, 7) is 4.99. The van der Waals surface area contributed by atoms with E-state index in [-0.39, 0.29) is 19.6 Å². The molecule has 0 aromatic heterocycles. The quantitative estimate of drug-likeness (QED) is 0.198. The number of nitrogens with two attached hydrogens (primary N) is 1. The molecule has 0 radical (unpaired) electrons. The molecule has 0 spiro atoms. The molecule has 1 saturated carbocycles. The number of alkyl halides is 3. The minimum atomic E-state index is -4.64. The van der Waals surface area contributed by atoms with E-state index in [1.165, 1.54) is 4.90 Å². The van der Waals surface area contributed by atoms with Gasteiger partial charge in [-0.25, -0.2) is 4.79 Å². The molecule has 0 aromatic carbocycles. The summed E-state index contributed by atoms with van der Waals surface area (Å²) < 4.78 is 43.2. The number of hydrogen-bond acceptors (Lipinski definition) is 7. The van der Waals surface area contributed by atoms with Gasteiger partial charge in [0, 0.05) is 13.0 Å². The predicted octanol–water partition coefficient (Wildman–Crippen LogP) is 0.526. The maximum Gasteiger partial charge on any atom is 0.389 e. The van der Waals surface area contributed by atoms with Gasteiger partial charge < -0.3 is 31.3 Å². The van der Waals surface area contributed by atoms with Crippen molar-refractivity contribution < 1.29 is 46.7 Å². The number of carbonyl (C=O) groups is 6. The lowest BCUT2D eigenvalue weighted by Gasteiger charge is -2.35. The number of likely N-dealkylation sites (tertiary alicyclic amines) is 1. The van der Waals surface area contributed by atoms with Gasteiger partial charge in [-0.1, -0.05) is 20.8 Å². The zero-order valence-corrected chi connectivity index (χ0v) is 22.2. The highest BCUT2D eigenvalue weighted by Crippen LogP contribution is 2.29. The van der Waals surface area contributed by atoms with Crippen molar-refractivity contribution in [2.24, 2.45) is 17.1 Å². The van der Waals surface area contributed by atoms with E-state index in [1.54, 1.807) is 20.8 Å². The minimum Gasteiger partial charge on any atom is -0.464 e. The highest BCUT2D eigenvalue weighted by atomic mass is 19.4. The molecule has 1 saturated heterocycles. The van der Waals surface area contributed by atoms with Crippen molar-refractivity contribution >= 4 is 35.5 Å². The molecule has 0 aromatic rings. The van der Waals surface area contributed by atoms with Crippen molar-refractivity contribution in [3.8, 4) is 0 Å². The largest absolute Gasteiger partial charge is 0.464 e. The highest BCUT2D eigenvalue weighted by Gasteiger charge is 2.43. The van der Waals surface area contributed by atoms with Crippen molar-refractivity contribution in [3.63, 3.8) is 0 Å². The summed E-state index contributed by atoms with van der Waals surface area (Å²) in [7, 11) is 0. The third kappa shape index (κ3) is 10.4. The van der Waals surface area contributed by atoms with Crippen LogP contribution < -0.4 is 21.7 Å². The number of nitrogens with zero attached hydrogens (tertiary/aromatic N) is 1. The van der Waals surface area contributed by atoms with Gasteiger partial charge in [0.25, 0.3) is 5.91 Å². The molecule has 39 heavy (non-hydrogen) atoms. The van der Waals surface area contributed by atoms with Crippen molar-refractivity contribution in [3.05, 3.63) is 0 Å². The molecule has 15 heteroatoms. The van der Waals surface area contributed by atoms with Crippen molar-refractivity contribution in [1.29, 1.82) is 0 Å². The third-order valence-electron chi connectivity index (χ3n) is 6.39. The van der Waals surface area contributed by atoms with Gasteiger partial charge in [-0.3, -0.25) is 24.0 Å². The first kappa shape index (κ1) is 31.8. The van der Waals surface area contributed by atoms with Gasteiger partial charge in [-0.05, 0) is 43.4 Å². The van der Waals surface area contributed by atoms with E-state index in [9.17, 15) is 41.9 Å². The number of rotatable bonds is 12. The Balaban J connectivity index is 2.06. The number of esters is 1. The summed E-state index contributed by atoms with van der Waals surface area (Å²) in [5.74, 6) is -4.72. The molecule has 12 nitrogen and oxygen atoms in total. The van der Waals surface area contributed by atoms with Gasteiger partial charge in [-0.15, -0.1) is 0 Å². The van der Waals surface area contributed by atoms with E-state index in [1.807, 2.05) is 0 Å². The monoisotopic (exact) mass is 563 g/mol. The molecular formula is C24H36F3N5O7. The predicted molar refractivity (Wildman–Crippen MR) is 130 cm³/mol. The smallest absolute Gasteiger partial charge is 0.389 e. The molecule has 1 aliphatic heterocycles. The zero-order valence-electron chi connectivity index (χ0n) is 22.2. The van der Waals surface area contributed by atoms with Crippen LogP contribution in [0.3, 0.4) is 0 Å². The molecule has 2 rings (SSSR count). The average molecular weight is 564 g/mol. The van der Waals surface area contributed by atoms with Crippen molar-refractivity contribution in [1.82, 2.24) is 20.9 Å². The first-order valence-electron chi connectivity index (χ1n) is 12.7. The topological polar surface area (TPSA) is 177 Å². The summed E-state index contributed by atoms with van der Waals surface area (Å²) >= 11 is 0. The second-order valence-corrected chi connectivity index (χ2v) is 10.9. The highest BCUT2D eigenvalue weighted by molar-refractivity contribution is 6.37. The fourth-order valence-corrected chi connectivity index (χ4v) is 4.01. The molecule has 5 amide bonds. The number of amides is 5. The lowest BCUT2D eigenvalue weighted by Crippen LogP contribution is -2.60. The van der Waals surface area contributed by atoms with Crippen LogP contribution in [0.4, 0.5) is 18.0 Å². The van der Waals surface area contributed by atoms with Crippen LogP contribution in [0, 0.1) is 11.3 Å². The Bertz CT molecular complexity index is 963. The van der Waals surface area contributed by atoms with E-state index in [4.69, 9.17) is 10.5 Å². The van der Waals surface area contributed by atoms with E-state index >= 15 is 0 Å². The maximum absolute atomic E-state index is 13.5. The molecule has 2 fully saturated rings. The normalized spacial score (nSPS) is 19.0. The van der Waals surface area contributed by atoms with Gasteiger partial charge in [-0.2, -0.15) is 13.2 Å². The molecule has 3 atom stereocenters. The van der Waals surface area contributed by atoms with Crippen LogP contribution in [-0.4, -0.2) is 84.4 Å². The Labute approximate surface area is 223 Å². The molecular weight excluding hydrogens is 527 g/mol. The molecule has 2 unspecified atom stereocenters. The minimum absolute atomic E-state index is 0.108. The Kier molecular flexibility index (Phi) is 10.7. The molecule has 0 bridgehead atoms. The molecule has 220 valence electrons. The summed E-state index contributed by atoms with van der Waals surface area (Å²) in [4.78, 5) is 75.2. The molecule has 2 aliphatic rings. The Morgan fingerprint density at radius 2 is 1.67 bits per heavy atom. The summed E-state index contributed by atoms with van der Waals surface area (Å²) in [6.07, 6.45) is -4.49. The molecule has 1 heterocycles. The fraction of sp³-hybridized carbons (Fsp3) is 0.750. The number of hydrogen-bond donors (Lipinski definition) is 4. The summed E-state index contributed by atoms with van der Waals surface area (Å²) in [5, 5.41) is 6.99. The number of Topliss-reactive ketones (excluding diaryl/α,β-unsaturated/α-hetero) is 1. The Hall–Kier alpha value is -3.39. The summed E-state index contributed by atoms with van der Waals surface area (Å²) in [5.41, 5.74) is 4.08. The van der Waals surface area contributed by atoms with Crippen molar-refractivity contribution in [2.45, 2.75) is 83.6 Å². The molecule has 5 N–H and O–H groups in total. The second kappa shape index (κ2) is 13.1. The van der Waals surface area contributed by atoms with Gasteiger partial charge in [0.05, 0.1) is 12.6 Å². The lowest BCUT2D eigenvalue weighted by atomic mass is 9.85. The first-order chi connectivity index (χ1) is 18.0. The van der Waals surface area contributed by atoms with Gasteiger partial charge >= 0.3 is 18.2 Å². The van der Waals surface area contributed by atoms with Crippen LogP contribution in [-0.2, 0) is 28.7 Å². The second-order valence-electron chi connectivity index (χ2n) is 10.9. The van der Waals surface area contributed by atoms with Gasteiger partial charge in [0.1, 0.15) is 18.6 Å². The van der Waals surface area contributed by atoms with Gasteiger partial charge in [0.2, 0.25) is 17.6 Å². The van der Waals surface area contributed by atoms with E-state index in [2.05, 4.69) is 16.0 Å². The number of ether oxygens (including phenoxy) is 1. The number of urea groups is 1. The number of ketones is 1. The fourth-order valence-electron chi connectivity index (χ4n) is 4.01. The number of halogens is 3. The van der Waals surface area contributed by atoms with Crippen molar-refractivity contribution in [2.75, 3.05) is 19.7 Å². The lowest BCUT2D eigenvalue weighted by molar-refractivity contribution is -0.146. The number of primary amides is 1. The zero-order chi connectivity index (χ0) is 29.5. The third-order valence-corrected chi connectivity index (χ3v) is 6.39. The maximum atomic E-state index is 13.5. The van der Waals surface area contributed by atoms with Crippen LogP contribution in [0.1, 0.15) is 59.3 Å². The van der Waals surface area contributed by atoms with Gasteiger partial charge in [0.15, 0.2) is 0 Å². The van der Waals surface area contributed by atoms with E-state index in [0.717, 1.165) is 12.8 Å². The standard InChI is InChI=1S/C24H36F3N5O7/c1-23(2,3)18(31-22(38)29-11-16(33)39-12-13-6-7-13)21(37)32-10-4-5-15(32)20(36)30-14(17(34)19(28)35)8-9-24(25,26)27/h13-15,18H,4-12H2,1-3H3,(H2,28,35)(H,30,36)(H2,29,31,38)/t14?,15-,18?/m0/s1. The Morgan fingerprint density at radius 3 is 2.21 bits per heavy atom. The number of carbonyl (C=O) groups excluding carboxylic acids is 6. The molecule has 1 aliphatic carbocycles. The van der Waals surface area contributed by atoms with Crippen LogP contribution in [0.15, 0.2) is 0 Å². The van der Waals surface area contributed by atoms with Crippen LogP contribution in [0.25, 0.3) is 0 Å². The SMILES string of the molecule is CC(C)(C)C(NC(=O)NCC(=O)OCC1CC1)C(=O)N1CCC[C@H]1C(=O)NC(CCC(F)(F)F)C(=O)C(N)=O. The van der Waals surface area contributed by atoms with Crippen LogP contribution in [0.5, 0.6) is 0 Å². The Morgan fingerprint density at radius 1 is 1.03 bits per heavy atom.